The molecule has 1 N–H and O–H groups in total. The summed E-state index contributed by atoms with van der Waals surface area (Å²) in [5, 5.41) is 9.13. The first-order chi connectivity index (χ1) is 2.77. The molecule has 0 saturated carbocycles. The van der Waals surface area contributed by atoms with E-state index in [9.17, 15) is 4.79 Å². The molecule has 0 radical (unpaired) electrons. The minimum absolute atomic E-state index is 0.988. The summed E-state index contributed by atoms with van der Waals surface area (Å²) in [5.74, 6) is 0. The lowest BCUT2D eigenvalue weighted by atomic mass is 11.6. The molecule has 0 unspecified atom stereocenters. The molecule has 36 valence electrons. The molecule has 4 nitrogen and oxygen atoms in total. The molecule has 0 bridgehead atoms. The molecule has 6 heavy (non-hydrogen) atoms. The van der Waals surface area contributed by atoms with Gasteiger partial charge in [-0.15, -0.1) is 0 Å². The third-order valence-corrected chi connectivity index (χ3v) is 0.183. The van der Waals surface area contributed by atoms with Crippen LogP contribution in [-0.2, 0) is 9.93 Å². The molecule has 0 aromatic rings. The normalized spacial score (nSPS) is 7.67. The van der Waals surface area contributed by atoms with Crippen LogP contribution in [0.5, 0.6) is 0 Å². The summed E-state index contributed by atoms with van der Waals surface area (Å²) in [4.78, 5) is 12.7. The van der Waals surface area contributed by atoms with Crippen molar-refractivity contribution in [1.29, 1.82) is 0 Å². The van der Waals surface area contributed by atoms with Crippen LogP contribution in [0.1, 0.15) is 0 Å². The zero-order chi connectivity index (χ0) is 4.99. The molecule has 0 heterocycles. The molecule has 0 fully saturated rings. The summed E-state index contributed by atoms with van der Waals surface area (Å²) >= 11 is 3.03. The third-order valence-electron chi connectivity index (χ3n) is 0.109. The lowest BCUT2D eigenvalue weighted by molar-refractivity contribution is -0.452. The van der Waals surface area contributed by atoms with Gasteiger partial charge in [-0.25, -0.2) is 10.1 Å². The van der Waals surface area contributed by atoms with Crippen LogP contribution in [0.2, 0.25) is 0 Å². The largest absolute Gasteiger partial charge is 0.400 e. The Hall–Kier alpha value is -0.260. The van der Waals surface area contributed by atoms with E-state index in [1.807, 2.05) is 0 Å². The molecular weight excluding hydrogens is 108 g/mol. The van der Waals surface area contributed by atoms with Gasteiger partial charge in [-0.05, 0) is 5.04 Å². The molecule has 0 spiro atoms. The number of carbonyl (C=O) groups excluding carboxylic acids is 1. The van der Waals surface area contributed by atoms with Gasteiger partial charge in [0.15, 0.2) is 0 Å². The molecule has 0 rings (SSSR count). The van der Waals surface area contributed by atoms with Crippen LogP contribution in [0.3, 0.4) is 0 Å². The lowest BCUT2D eigenvalue weighted by Crippen LogP contribution is -1.89. The van der Waals surface area contributed by atoms with Crippen molar-refractivity contribution >= 4 is 17.9 Å². The van der Waals surface area contributed by atoms with Gasteiger partial charge in [0.25, 0.3) is 0 Å². The standard InChI is InChI=1S/CH2O4S/c2-1(6)4-5-3/h3H,(H,2,6). The highest BCUT2D eigenvalue weighted by Crippen LogP contribution is 1.81. The Morgan fingerprint density at radius 1 is 1.83 bits per heavy atom. The summed E-state index contributed by atoms with van der Waals surface area (Å²) in [6, 6.07) is 0. The van der Waals surface area contributed by atoms with Gasteiger partial charge in [-0.1, -0.05) is 12.6 Å². The third kappa shape index (κ3) is 3.74. The topological polar surface area (TPSA) is 55.8 Å². The van der Waals surface area contributed by atoms with Crippen LogP contribution >= 0.6 is 12.6 Å². The average molecular weight is 110 g/mol. The Morgan fingerprint density at radius 2 is 2.33 bits per heavy atom. The van der Waals surface area contributed by atoms with E-state index >= 15 is 0 Å². The van der Waals surface area contributed by atoms with Gasteiger partial charge in [0, 0.05) is 0 Å². The van der Waals surface area contributed by atoms with Crippen molar-refractivity contribution in [3.8, 4) is 0 Å². The Balaban J connectivity index is 2.83. The van der Waals surface area contributed by atoms with Crippen molar-refractivity contribution in [2.45, 2.75) is 0 Å². The van der Waals surface area contributed by atoms with E-state index < -0.39 is 5.30 Å². The van der Waals surface area contributed by atoms with Gasteiger partial charge in [0.2, 0.25) is 0 Å². The van der Waals surface area contributed by atoms with E-state index in [2.05, 4.69) is 22.6 Å². The smallest absolute Gasteiger partial charge is 0.257 e. The van der Waals surface area contributed by atoms with E-state index in [1.165, 1.54) is 0 Å². The first-order valence-corrected chi connectivity index (χ1v) is 1.43. The predicted octanol–water partition coefficient (Wildman–Crippen LogP) is 0.457. The van der Waals surface area contributed by atoms with Crippen molar-refractivity contribution in [1.82, 2.24) is 0 Å². The van der Waals surface area contributed by atoms with Crippen molar-refractivity contribution in [2.24, 2.45) is 0 Å². The quantitative estimate of drug-likeness (QED) is 0.292. The van der Waals surface area contributed by atoms with E-state index in [1.54, 1.807) is 0 Å². The summed E-state index contributed by atoms with van der Waals surface area (Å²) in [7, 11) is 0. The molecule has 0 saturated heterocycles. The van der Waals surface area contributed by atoms with Crippen molar-refractivity contribution in [3.05, 3.63) is 0 Å². The molecule has 0 atom stereocenters. The summed E-state index contributed by atoms with van der Waals surface area (Å²) in [6.07, 6.45) is 0. The van der Waals surface area contributed by atoms with Crippen LogP contribution in [0.15, 0.2) is 0 Å². The molecule has 5 heteroatoms. The highest BCUT2D eigenvalue weighted by molar-refractivity contribution is 7.96. The van der Waals surface area contributed by atoms with E-state index in [0.717, 1.165) is 0 Å². The van der Waals surface area contributed by atoms with E-state index in [0.29, 0.717) is 0 Å². The number of thiol groups is 1. The van der Waals surface area contributed by atoms with Gasteiger partial charge >= 0.3 is 5.30 Å². The minimum Gasteiger partial charge on any atom is -0.257 e. The number of rotatable bonds is 1. The summed E-state index contributed by atoms with van der Waals surface area (Å²) in [5.41, 5.74) is 0. The fourth-order valence-corrected chi connectivity index (χ4v) is 0.0652. The van der Waals surface area contributed by atoms with Crippen LogP contribution in [0.25, 0.3) is 0 Å². The van der Waals surface area contributed by atoms with Crippen molar-refractivity contribution in [3.63, 3.8) is 0 Å². The Labute approximate surface area is 38.9 Å². The monoisotopic (exact) mass is 110 g/mol. The number of hydrogen-bond acceptors (Lipinski definition) is 4. The molecule has 0 aromatic heterocycles. The highest BCUT2D eigenvalue weighted by atomic mass is 32.1. The maximum Gasteiger partial charge on any atom is 0.400 e. The first-order valence-electron chi connectivity index (χ1n) is 0.981. The van der Waals surface area contributed by atoms with Gasteiger partial charge in [-0.2, -0.15) is 0 Å². The van der Waals surface area contributed by atoms with Gasteiger partial charge < -0.3 is 0 Å². The van der Waals surface area contributed by atoms with Crippen LogP contribution in [-0.4, -0.2) is 10.6 Å². The first kappa shape index (κ1) is 5.74. The van der Waals surface area contributed by atoms with Gasteiger partial charge in [0.1, 0.15) is 0 Å². The van der Waals surface area contributed by atoms with Crippen LogP contribution < -0.4 is 0 Å². The predicted molar refractivity (Wildman–Crippen MR) is 19.2 cm³/mol. The van der Waals surface area contributed by atoms with E-state index in [-0.39, 0.29) is 0 Å². The Kier molecular flexibility index (Phi) is 2.82. The second kappa shape index (κ2) is 2.95. The fraction of sp³-hybridized carbons (Fsp3) is 0. The molecule has 0 aromatic carbocycles. The Bertz CT molecular complexity index is 51.5. The zero-order valence-corrected chi connectivity index (χ0v) is 3.51. The molecular formula is CH2O4S. The minimum atomic E-state index is -0.988. The van der Waals surface area contributed by atoms with E-state index in [4.69, 9.17) is 5.26 Å². The number of hydrogen-bond donors (Lipinski definition) is 2. The number of carbonyl (C=O) groups is 1. The van der Waals surface area contributed by atoms with Crippen molar-refractivity contribution < 1.29 is 20.0 Å². The van der Waals surface area contributed by atoms with Crippen LogP contribution in [0.4, 0.5) is 4.79 Å². The van der Waals surface area contributed by atoms with Crippen molar-refractivity contribution in [2.75, 3.05) is 0 Å². The second-order valence-corrected chi connectivity index (χ2v) is 0.789. The van der Waals surface area contributed by atoms with Gasteiger partial charge in [0.05, 0.1) is 0 Å². The second-order valence-electron chi connectivity index (χ2n) is 0.424. The molecule has 0 amide bonds. The van der Waals surface area contributed by atoms with Gasteiger partial charge in [-0.3, -0.25) is 4.89 Å². The lowest BCUT2D eigenvalue weighted by Gasteiger charge is -1.83. The Morgan fingerprint density at radius 3 is 2.33 bits per heavy atom. The average Bonchev–Trinajstić information content (AvgIpc) is 1.35. The maximum atomic E-state index is 9.40. The molecule has 0 aliphatic heterocycles. The highest BCUT2D eigenvalue weighted by Gasteiger charge is 1.87. The fourth-order valence-electron chi connectivity index (χ4n) is 0.0319. The van der Waals surface area contributed by atoms with Crippen LogP contribution in [0, 0.1) is 0 Å². The summed E-state index contributed by atoms with van der Waals surface area (Å²) in [6.45, 7) is 0. The SMILES string of the molecule is O=C(S)OOO. The maximum absolute atomic E-state index is 9.40. The molecule has 0 aliphatic carbocycles. The molecule has 0 aliphatic rings. The zero-order valence-electron chi connectivity index (χ0n) is 2.62. The summed E-state index contributed by atoms with van der Waals surface area (Å²) < 4.78 is 0.